The highest BCUT2D eigenvalue weighted by Gasteiger charge is 2.27. The summed E-state index contributed by atoms with van der Waals surface area (Å²) in [7, 11) is 1.79. The second-order valence-corrected chi connectivity index (χ2v) is 7.63. The molecule has 1 aliphatic rings. The van der Waals surface area contributed by atoms with Crippen LogP contribution in [-0.4, -0.2) is 54.5 Å². The number of likely N-dealkylation sites (tertiary alicyclic amines) is 1. The molecule has 1 atom stereocenters. The van der Waals surface area contributed by atoms with E-state index in [1.54, 1.807) is 7.05 Å². The predicted molar refractivity (Wildman–Crippen MR) is 111 cm³/mol. The zero-order chi connectivity index (χ0) is 19.4. The molecule has 3 N–H and O–H groups in total. The topological polar surface area (TPSA) is 72.5 Å². The van der Waals surface area contributed by atoms with E-state index in [1.165, 1.54) is 22.0 Å². The van der Waals surface area contributed by atoms with Crippen molar-refractivity contribution in [3.63, 3.8) is 0 Å². The average Bonchev–Trinajstić information content (AvgIpc) is 3.28. The number of para-hydroxylation sites is 1. The quantitative estimate of drug-likeness (QED) is 0.560. The number of hydrogen-bond donors (Lipinski definition) is 3. The summed E-state index contributed by atoms with van der Waals surface area (Å²) in [5.41, 5.74) is 3.80. The maximum atomic E-state index is 12.1. The minimum Gasteiger partial charge on any atom is -0.361 e. The third-order valence-electron chi connectivity index (χ3n) is 5.25. The first kappa shape index (κ1) is 19.3. The number of benzene rings is 1. The zero-order valence-corrected chi connectivity index (χ0v) is 16.8. The fourth-order valence-corrected chi connectivity index (χ4v) is 3.72. The summed E-state index contributed by atoms with van der Waals surface area (Å²) in [4.78, 5) is 21.8. The standard InChI is InChI=1S/C21H31N5O/c1-14(2)20(27)26-11-9-17(13-26)25-21(22-4)23-10-8-16-12-24-19-15(3)6-5-7-18(16)19/h5-7,12,14,17,24H,8-11,13H2,1-4H3,(H2,22,23,25). The van der Waals surface area contributed by atoms with Crippen molar-refractivity contribution in [2.45, 2.75) is 39.7 Å². The summed E-state index contributed by atoms with van der Waals surface area (Å²) >= 11 is 0. The van der Waals surface area contributed by atoms with Crippen molar-refractivity contribution in [3.8, 4) is 0 Å². The number of rotatable bonds is 5. The van der Waals surface area contributed by atoms with Gasteiger partial charge in [0.1, 0.15) is 0 Å². The summed E-state index contributed by atoms with van der Waals surface area (Å²) in [5.74, 6) is 1.09. The number of carbonyl (C=O) groups excluding carboxylic acids is 1. The highest BCUT2D eigenvalue weighted by Crippen LogP contribution is 2.21. The Morgan fingerprint density at radius 1 is 1.41 bits per heavy atom. The zero-order valence-electron chi connectivity index (χ0n) is 16.8. The first-order valence-corrected chi connectivity index (χ1v) is 9.81. The van der Waals surface area contributed by atoms with Crippen LogP contribution >= 0.6 is 0 Å². The Hall–Kier alpha value is -2.50. The molecule has 1 fully saturated rings. The number of aromatic amines is 1. The van der Waals surface area contributed by atoms with Crippen LogP contribution in [0.2, 0.25) is 0 Å². The maximum absolute atomic E-state index is 12.1. The first-order chi connectivity index (χ1) is 13.0. The lowest BCUT2D eigenvalue weighted by Gasteiger charge is -2.20. The van der Waals surface area contributed by atoms with Gasteiger partial charge in [0, 0.05) is 55.7 Å². The van der Waals surface area contributed by atoms with E-state index in [2.05, 4.69) is 51.9 Å². The molecule has 6 heteroatoms. The van der Waals surface area contributed by atoms with Gasteiger partial charge in [-0.15, -0.1) is 0 Å². The normalized spacial score (nSPS) is 17.7. The van der Waals surface area contributed by atoms with Gasteiger partial charge in [0.2, 0.25) is 5.91 Å². The van der Waals surface area contributed by atoms with Crippen molar-refractivity contribution in [1.29, 1.82) is 0 Å². The second kappa shape index (κ2) is 8.46. The van der Waals surface area contributed by atoms with Crippen LogP contribution in [0.15, 0.2) is 29.4 Å². The van der Waals surface area contributed by atoms with Crippen LogP contribution in [0.1, 0.15) is 31.4 Å². The van der Waals surface area contributed by atoms with Crippen LogP contribution in [-0.2, 0) is 11.2 Å². The molecule has 1 unspecified atom stereocenters. The Morgan fingerprint density at radius 2 is 2.22 bits per heavy atom. The van der Waals surface area contributed by atoms with Crippen molar-refractivity contribution < 1.29 is 4.79 Å². The summed E-state index contributed by atoms with van der Waals surface area (Å²) in [6.07, 6.45) is 3.98. The van der Waals surface area contributed by atoms with Crippen LogP contribution in [0.3, 0.4) is 0 Å². The number of H-pyrrole nitrogens is 1. The number of aryl methyl sites for hydroxylation is 1. The number of amides is 1. The fourth-order valence-electron chi connectivity index (χ4n) is 3.72. The summed E-state index contributed by atoms with van der Waals surface area (Å²) in [6.45, 7) is 8.41. The second-order valence-electron chi connectivity index (χ2n) is 7.63. The molecule has 27 heavy (non-hydrogen) atoms. The smallest absolute Gasteiger partial charge is 0.225 e. The molecule has 1 aromatic carbocycles. The first-order valence-electron chi connectivity index (χ1n) is 9.81. The van der Waals surface area contributed by atoms with Gasteiger partial charge in [0.25, 0.3) is 0 Å². The molecule has 0 aliphatic carbocycles. The van der Waals surface area contributed by atoms with Gasteiger partial charge in [-0.1, -0.05) is 32.0 Å². The van der Waals surface area contributed by atoms with E-state index in [0.29, 0.717) is 0 Å². The number of guanidine groups is 1. The van der Waals surface area contributed by atoms with E-state index in [0.717, 1.165) is 38.4 Å². The fraction of sp³-hybridized carbons (Fsp3) is 0.524. The number of nitrogens with one attached hydrogen (secondary N) is 3. The van der Waals surface area contributed by atoms with E-state index in [-0.39, 0.29) is 17.9 Å². The van der Waals surface area contributed by atoms with Crippen molar-refractivity contribution in [2.75, 3.05) is 26.7 Å². The Balaban J connectivity index is 1.50. The number of aliphatic imine (C=N–C) groups is 1. The molecule has 2 aromatic rings. The molecule has 0 saturated carbocycles. The molecule has 1 saturated heterocycles. The van der Waals surface area contributed by atoms with Crippen LogP contribution in [0.25, 0.3) is 10.9 Å². The lowest BCUT2D eigenvalue weighted by Crippen LogP contribution is -2.45. The Kier molecular flexibility index (Phi) is 6.04. The molecule has 2 heterocycles. The molecule has 0 spiro atoms. The molecule has 3 rings (SSSR count). The number of carbonyl (C=O) groups is 1. The Morgan fingerprint density at radius 3 is 2.96 bits per heavy atom. The van der Waals surface area contributed by atoms with Crippen molar-refractivity contribution in [2.24, 2.45) is 10.9 Å². The van der Waals surface area contributed by atoms with Crippen LogP contribution in [0.5, 0.6) is 0 Å². The monoisotopic (exact) mass is 369 g/mol. The molecular weight excluding hydrogens is 338 g/mol. The number of hydrogen-bond acceptors (Lipinski definition) is 2. The number of aromatic nitrogens is 1. The van der Waals surface area contributed by atoms with Crippen LogP contribution in [0, 0.1) is 12.8 Å². The molecule has 0 radical (unpaired) electrons. The number of fused-ring (bicyclic) bond motifs is 1. The van der Waals surface area contributed by atoms with Crippen LogP contribution in [0.4, 0.5) is 0 Å². The van der Waals surface area contributed by atoms with E-state index in [1.807, 2.05) is 18.7 Å². The molecule has 1 amide bonds. The molecule has 1 aliphatic heterocycles. The molecule has 0 bridgehead atoms. The minimum absolute atomic E-state index is 0.0565. The van der Waals surface area contributed by atoms with Gasteiger partial charge in [-0.05, 0) is 30.9 Å². The van der Waals surface area contributed by atoms with Gasteiger partial charge in [-0.3, -0.25) is 9.79 Å². The molecule has 1 aromatic heterocycles. The van der Waals surface area contributed by atoms with Gasteiger partial charge in [-0.25, -0.2) is 0 Å². The molecule has 6 nitrogen and oxygen atoms in total. The van der Waals surface area contributed by atoms with E-state index < -0.39 is 0 Å². The molecule has 146 valence electrons. The van der Waals surface area contributed by atoms with Gasteiger partial charge in [0.15, 0.2) is 5.96 Å². The van der Waals surface area contributed by atoms with Gasteiger partial charge in [-0.2, -0.15) is 0 Å². The van der Waals surface area contributed by atoms with Crippen molar-refractivity contribution in [1.82, 2.24) is 20.5 Å². The Labute approximate surface area is 161 Å². The lowest BCUT2D eigenvalue weighted by molar-refractivity contribution is -0.133. The third kappa shape index (κ3) is 4.43. The maximum Gasteiger partial charge on any atom is 0.225 e. The van der Waals surface area contributed by atoms with Gasteiger partial charge < -0.3 is 20.5 Å². The van der Waals surface area contributed by atoms with Crippen molar-refractivity contribution in [3.05, 3.63) is 35.5 Å². The Bertz CT molecular complexity index is 823. The highest BCUT2D eigenvalue weighted by molar-refractivity contribution is 5.86. The predicted octanol–water partition coefficient (Wildman–Crippen LogP) is 2.44. The molecular formula is C21H31N5O. The van der Waals surface area contributed by atoms with E-state index in [9.17, 15) is 4.79 Å². The summed E-state index contributed by atoms with van der Waals surface area (Å²) < 4.78 is 0. The number of nitrogens with zero attached hydrogens (tertiary/aromatic N) is 2. The SMILES string of the molecule is CN=C(NCCc1c[nH]c2c(C)cccc12)NC1CCN(C(=O)C(C)C)C1. The average molecular weight is 370 g/mol. The van der Waals surface area contributed by atoms with E-state index in [4.69, 9.17) is 0 Å². The van der Waals surface area contributed by atoms with Crippen molar-refractivity contribution >= 4 is 22.8 Å². The highest BCUT2D eigenvalue weighted by atomic mass is 16.2. The van der Waals surface area contributed by atoms with E-state index >= 15 is 0 Å². The van der Waals surface area contributed by atoms with Crippen LogP contribution < -0.4 is 10.6 Å². The van der Waals surface area contributed by atoms with Gasteiger partial charge in [0.05, 0.1) is 0 Å². The summed E-state index contributed by atoms with van der Waals surface area (Å²) in [6, 6.07) is 6.66. The lowest BCUT2D eigenvalue weighted by atomic mass is 10.1. The minimum atomic E-state index is 0.0565. The van der Waals surface area contributed by atoms with Gasteiger partial charge >= 0.3 is 0 Å². The third-order valence-corrected chi connectivity index (χ3v) is 5.25. The largest absolute Gasteiger partial charge is 0.361 e. The summed E-state index contributed by atoms with van der Waals surface area (Å²) in [5, 5.41) is 8.15.